The Labute approximate surface area is 182 Å². The number of fused-ring (bicyclic) bond motifs is 2. The van der Waals surface area contributed by atoms with Crippen molar-refractivity contribution in [2.45, 2.75) is 37.0 Å². The number of carbonyl (C=O) groups is 2. The number of likely N-dealkylation sites (tertiary alicyclic amines) is 1. The lowest BCUT2D eigenvalue weighted by Gasteiger charge is -2.37. The summed E-state index contributed by atoms with van der Waals surface area (Å²) in [4.78, 5) is 30.2. The Hall–Kier alpha value is -2.24. The molecule has 5 N–H and O–H groups in total. The van der Waals surface area contributed by atoms with Gasteiger partial charge in [0, 0.05) is 64.3 Å². The molecule has 0 saturated carbocycles. The van der Waals surface area contributed by atoms with Gasteiger partial charge < -0.3 is 15.1 Å². The molecule has 5 rings (SSSR count). The number of hydrazine groups is 3. The van der Waals surface area contributed by atoms with Gasteiger partial charge in [-0.05, 0) is 18.1 Å². The molecule has 0 aromatic heterocycles. The second-order valence-corrected chi connectivity index (χ2v) is 9.22. The molecular weight excluding hydrogens is 396 g/mol. The number of hydrogen-bond acceptors (Lipinski definition) is 8. The van der Waals surface area contributed by atoms with Gasteiger partial charge >= 0.3 is 0 Å². The Morgan fingerprint density at radius 3 is 2.77 bits per heavy atom. The van der Waals surface area contributed by atoms with Gasteiger partial charge in [0.1, 0.15) is 12.1 Å². The van der Waals surface area contributed by atoms with Crippen molar-refractivity contribution in [3.05, 3.63) is 29.8 Å². The summed E-state index contributed by atoms with van der Waals surface area (Å²) in [5.74, 6) is 0.260. The number of piperidine rings is 1. The van der Waals surface area contributed by atoms with E-state index in [0.29, 0.717) is 19.6 Å². The molecule has 1 aromatic carbocycles. The third-order valence-electron chi connectivity index (χ3n) is 6.98. The fraction of sp³-hybridized carbons (Fsp3) is 0.619. The molecule has 0 bridgehead atoms. The van der Waals surface area contributed by atoms with Gasteiger partial charge in [0.15, 0.2) is 0 Å². The highest BCUT2D eigenvalue weighted by Crippen LogP contribution is 2.29. The minimum atomic E-state index is -0.327. The Kier molecular flexibility index (Phi) is 5.57. The van der Waals surface area contributed by atoms with Crippen molar-refractivity contribution in [3.63, 3.8) is 0 Å². The Morgan fingerprint density at radius 1 is 1.16 bits per heavy atom. The fourth-order valence-corrected chi connectivity index (χ4v) is 5.30. The quantitative estimate of drug-likeness (QED) is 0.395. The molecule has 168 valence electrons. The molecule has 31 heavy (non-hydrogen) atoms. The molecule has 1 aromatic rings. The molecule has 0 aliphatic carbocycles. The molecule has 10 heteroatoms. The third kappa shape index (κ3) is 4.01. The van der Waals surface area contributed by atoms with Gasteiger partial charge in [-0.3, -0.25) is 15.0 Å². The monoisotopic (exact) mass is 428 g/mol. The highest BCUT2D eigenvalue weighted by atomic mass is 16.2. The normalized spacial score (nSPS) is 32.5. The molecule has 0 spiro atoms. The number of benzene rings is 1. The number of anilines is 1. The zero-order valence-electron chi connectivity index (χ0n) is 18.1. The SMILES string of the molecule is CN1CC(CN(C)C(=O)C2NNC3CCN(C(=O)C4Cc5ccccc5N4)CC32)NN1. The maximum absolute atomic E-state index is 13.2. The first kappa shape index (κ1) is 20.7. The number of carbonyl (C=O) groups excluding carboxylic acids is 2. The lowest BCUT2D eigenvalue weighted by atomic mass is 9.87. The molecule has 0 radical (unpaired) electrons. The summed E-state index contributed by atoms with van der Waals surface area (Å²) in [5, 5.41) is 5.34. The number of para-hydroxylation sites is 1. The van der Waals surface area contributed by atoms with Gasteiger partial charge in [-0.15, -0.1) is 0 Å². The third-order valence-corrected chi connectivity index (χ3v) is 6.98. The van der Waals surface area contributed by atoms with Crippen molar-refractivity contribution in [3.8, 4) is 0 Å². The number of nitrogens with zero attached hydrogens (tertiary/aromatic N) is 3. The van der Waals surface area contributed by atoms with Crippen molar-refractivity contribution in [2.24, 2.45) is 5.92 Å². The summed E-state index contributed by atoms with van der Waals surface area (Å²) < 4.78 is 0. The Balaban J connectivity index is 1.20. The summed E-state index contributed by atoms with van der Waals surface area (Å²) in [6.07, 6.45) is 1.56. The van der Waals surface area contributed by atoms with E-state index in [-0.39, 0.29) is 41.9 Å². The van der Waals surface area contributed by atoms with E-state index in [1.807, 2.05) is 42.2 Å². The topological polar surface area (TPSA) is 104 Å². The van der Waals surface area contributed by atoms with E-state index in [1.54, 1.807) is 4.90 Å². The van der Waals surface area contributed by atoms with Crippen molar-refractivity contribution < 1.29 is 9.59 Å². The van der Waals surface area contributed by atoms with E-state index in [1.165, 1.54) is 5.56 Å². The molecule has 3 saturated heterocycles. The van der Waals surface area contributed by atoms with E-state index < -0.39 is 0 Å². The van der Waals surface area contributed by atoms with Crippen LogP contribution in [0.1, 0.15) is 12.0 Å². The lowest BCUT2D eigenvalue weighted by Crippen LogP contribution is -2.55. The van der Waals surface area contributed by atoms with Crippen LogP contribution in [0.5, 0.6) is 0 Å². The van der Waals surface area contributed by atoms with Crippen LogP contribution >= 0.6 is 0 Å². The van der Waals surface area contributed by atoms with Crippen LogP contribution in [0, 0.1) is 5.92 Å². The van der Waals surface area contributed by atoms with Crippen LogP contribution in [0.15, 0.2) is 24.3 Å². The van der Waals surface area contributed by atoms with Gasteiger partial charge in [-0.25, -0.2) is 15.9 Å². The standard InChI is InChI=1S/C21H32N8O2/c1-27(10-14-11-28(2)26-23-14)21(31)19-15-12-29(8-7-17(15)24-25-19)20(30)18-9-13-5-3-4-6-16(13)22-18/h3-6,14-15,17-19,22-26H,7-12H2,1-2H3. The summed E-state index contributed by atoms with van der Waals surface area (Å²) in [5.41, 5.74) is 15.0. The van der Waals surface area contributed by atoms with Gasteiger partial charge in [0.05, 0.1) is 6.04 Å². The molecule has 4 aliphatic rings. The van der Waals surface area contributed by atoms with Crippen LogP contribution in [0.3, 0.4) is 0 Å². The predicted octanol–water partition coefficient (Wildman–Crippen LogP) is -1.50. The first-order valence-corrected chi connectivity index (χ1v) is 11.1. The number of nitrogens with one attached hydrogen (secondary N) is 5. The largest absolute Gasteiger partial charge is 0.373 e. The van der Waals surface area contributed by atoms with Gasteiger partial charge in [-0.2, -0.15) is 5.53 Å². The highest BCUT2D eigenvalue weighted by Gasteiger charge is 2.46. The average Bonchev–Trinajstić information content (AvgIpc) is 3.49. The molecule has 5 unspecified atom stereocenters. The minimum absolute atomic E-state index is 0.0637. The number of hydrogen-bond donors (Lipinski definition) is 5. The second kappa shape index (κ2) is 8.36. The second-order valence-electron chi connectivity index (χ2n) is 9.22. The van der Waals surface area contributed by atoms with Crippen LogP contribution in [0.25, 0.3) is 0 Å². The summed E-state index contributed by atoms with van der Waals surface area (Å²) in [7, 11) is 3.82. The maximum Gasteiger partial charge on any atom is 0.245 e. The van der Waals surface area contributed by atoms with E-state index in [2.05, 4.69) is 33.2 Å². The van der Waals surface area contributed by atoms with Crippen LogP contribution in [0.4, 0.5) is 5.69 Å². The molecule has 4 heterocycles. The average molecular weight is 429 g/mol. The molecule has 2 amide bonds. The number of likely N-dealkylation sites (N-methyl/N-ethyl adjacent to an activating group) is 2. The van der Waals surface area contributed by atoms with Crippen molar-refractivity contribution in [1.29, 1.82) is 0 Å². The maximum atomic E-state index is 13.2. The molecule has 5 atom stereocenters. The zero-order valence-corrected chi connectivity index (χ0v) is 18.1. The number of rotatable bonds is 4. The molecule has 4 aliphatic heterocycles. The van der Waals surface area contributed by atoms with Gasteiger partial charge in [0.2, 0.25) is 11.8 Å². The van der Waals surface area contributed by atoms with Crippen molar-refractivity contribution >= 4 is 17.5 Å². The zero-order chi connectivity index (χ0) is 21.5. The van der Waals surface area contributed by atoms with E-state index in [4.69, 9.17) is 0 Å². The lowest BCUT2D eigenvalue weighted by molar-refractivity contribution is -0.137. The van der Waals surface area contributed by atoms with Gasteiger partial charge in [-0.1, -0.05) is 18.2 Å². The first-order valence-electron chi connectivity index (χ1n) is 11.1. The minimum Gasteiger partial charge on any atom is -0.373 e. The summed E-state index contributed by atoms with van der Waals surface area (Å²) in [6.45, 7) is 2.76. The van der Waals surface area contributed by atoms with E-state index in [9.17, 15) is 9.59 Å². The number of amides is 2. The molecule has 3 fully saturated rings. The van der Waals surface area contributed by atoms with Crippen LogP contribution in [-0.4, -0.2) is 91.1 Å². The van der Waals surface area contributed by atoms with Crippen molar-refractivity contribution in [2.75, 3.05) is 45.6 Å². The molecular formula is C21H32N8O2. The van der Waals surface area contributed by atoms with Crippen LogP contribution in [0.2, 0.25) is 0 Å². The fourth-order valence-electron chi connectivity index (χ4n) is 5.30. The Bertz CT molecular complexity index is 825. The smallest absolute Gasteiger partial charge is 0.245 e. The molecule has 10 nitrogen and oxygen atoms in total. The van der Waals surface area contributed by atoms with Gasteiger partial charge in [0.25, 0.3) is 0 Å². The van der Waals surface area contributed by atoms with Crippen molar-refractivity contribution in [1.82, 2.24) is 36.6 Å². The summed E-state index contributed by atoms with van der Waals surface area (Å²) in [6, 6.07) is 7.94. The summed E-state index contributed by atoms with van der Waals surface area (Å²) >= 11 is 0. The first-order chi connectivity index (χ1) is 15.0. The van der Waals surface area contributed by atoms with Crippen LogP contribution in [-0.2, 0) is 16.0 Å². The van der Waals surface area contributed by atoms with E-state index in [0.717, 1.165) is 25.1 Å². The van der Waals surface area contributed by atoms with Crippen LogP contribution < -0.4 is 27.1 Å². The predicted molar refractivity (Wildman–Crippen MR) is 116 cm³/mol. The Morgan fingerprint density at radius 2 is 2.00 bits per heavy atom. The highest BCUT2D eigenvalue weighted by molar-refractivity contribution is 5.88. The van der Waals surface area contributed by atoms with E-state index >= 15 is 0 Å².